The summed E-state index contributed by atoms with van der Waals surface area (Å²) in [5.41, 5.74) is 0.0773. The molecule has 0 N–H and O–H groups in total. The van der Waals surface area contributed by atoms with Crippen LogP contribution in [-0.4, -0.2) is 18.8 Å². The number of halogens is 3. The topological polar surface area (TPSA) is 35.5 Å². The zero-order valence-corrected chi connectivity index (χ0v) is 18.7. The zero-order valence-electron chi connectivity index (χ0n) is 17.9. The van der Waals surface area contributed by atoms with E-state index in [4.69, 9.17) is 4.74 Å². The Balaban J connectivity index is 1.81. The number of alkyl halides is 3. The van der Waals surface area contributed by atoms with Gasteiger partial charge >= 0.3 is 12.1 Å². The number of rotatable bonds is 7. The number of esters is 1. The van der Waals surface area contributed by atoms with Crippen molar-refractivity contribution in [2.45, 2.75) is 20.9 Å². The van der Waals surface area contributed by atoms with Crippen LogP contribution in [-0.2, 0) is 15.6 Å². The predicted octanol–water partition coefficient (Wildman–Crippen LogP) is 7.29. The summed E-state index contributed by atoms with van der Waals surface area (Å²) < 4.78 is 48.8. The SMILES string of the molecule is O=C(OCC(F)(F)F)c1ccccc1[S+](c1ccccc1)c1ccccc1Oc1ccccc1. The molecule has 0 fully saturated rings. The van der Waals surface area contributed by atoms with Crippen molar-refractivity contribution in [3.05, 3.63) is 115 Å². The maximum atomic E-state index is 12.7. The molecule has 0 saturated heterocycles. The molecule has 0 aliphatic carbocycles. The Hall–Kier alpha value is -3.71. The first-order valence-corrected chi connectivity index (χ1v) is 11.6. The molecule has 0 saturated carbocycles. The Morgan fingerprint density at radius 2 is 1.26 bits per heavy atom. The van der Waals surface area contributed by atoms with Crippen LogP contribution in [0, 0.1) is 0 Å². The average molecular weight is 482 g/mol. The van der Waals surface area contributed by atoms with E-state index in [0.29, 0.717) is 16.4 Å². The molecule has 172 valence electrons. The van der Waals surface area contributed by atoms with Crippen molar-refractivity contribution in [3.8, 4) is 11.5 Å². The molecule has 1 atom stereocenters. The summed E-state index contributed by atoms with van der Waals surface area (Å²) in [6, 6.07) is 32.7. The Bertz CT molecular complexity index is 1240. The number of ether oxygens (including phenoxy) is 2. The van der Waals surface area contributed by atoms with E-state index >= 15 is 0 Å². The predicted molar refractivity (Wildman–Crippen MR) is 124 cm³/mol. The number of benzene rings is 4. The van der Waals surface area contributed by atoms with Gasteiger partial charge < -0.3 is 9.47 Å². The smallest absolute Gasteiger partial charge is 0.422 e. The molecule has 0 amide bonds. The lowest BCUT2D eigenvalue weighted by atomic mass is 10.2. The molecular weight excluding hydrogens is 461 g/mol. The Morgan fingerprint density at radius 1 is 0.706 bits per heavy atom. The van der Waals surface area contributed by atoms with Gasteiger partial charge in [0, 0.05) is 0 Å². The molecule has 0 aromatic heterocycles. The van der Waals surface area contributed by atoms with Crippen LogP contribution in [0.25, 0.3) is 0 Å². The zero-order chi connectivity index (χ0) is 24.0. The van der Waals surface area contributed by atoms with Gasteiger partial charge in [0.2, 0.25) is 4.90 Å². The highest BCUT2D eigenvalue weighted by Gasteiger charge is 2.37. The summed E-state index contributed by atoms with van der Waals surface area (Å²) in [5, 5.41) is 0. The molecule has 1 unspecified atom stereocenters. The van der Waals surface area contributed by atoms with Crippen LogP contribution in [0.3, 0.4) is 0 Å². The Morgan fingerprint density at radius 3 is 1.94 bits per heavy atom. The highest BCUT2D eigenvalue weighted by molar-refractivity contribution is 7.97. The van der Waals surface area contributed by atoms with E-state index in [9.17, 15) is 18.0 Å². The van der Waals surface area contributed by atoms with Crippen molar-refractivity contribution in [2.75, 3.05) is 6.61 Å². The Labute approximate surface area is 198 Å². The van der Waals surface area contributed by atoms with Crippen molar-refractivity contribution in [2.24, 2.45) is 0 Å². The molecular formula is C27H20F3O3S+. The van der Waals surface area contributed by atoms with Crippen LogP contribution < -0.4 is 4.74 Å². The molecule has 0 spiro atoms. The van der Waals surface area contributed by atoms with Gasteiger partial charge in [0.25, 0.3) is 0 Å². The van der Waals surface area contributed by atoms with E-state index in [1.54, 1.807) is 18.2 Å². The monoisotopic (exact) mass is 481 g/mol. The molecule has 3 nitrogen and oxygen atoms in total. The third kappa shape index (κ3) is 5.80. The minimum Gasteiger partial charge on any atom is -0.452 e. The van der Waals surface area contributed by atoms with Crippen molar-refractivity contribution >= 4 is 16.9 Å². The van der Waals surface area contributed by atoms with E-state index in [1.165, 1.54) is 6.07 Å². The maximum absolute atomic E-state index is 12.7. The number of hydrogen-bond donors (Lipinski definition) is 0. The van der Waals surface area contributed by atoms with Crippen LogP contribution in [0.4, 0.5) is 13.2 Å². The first-order chi connectivity index (χ1) is 16.4. The summed E-state index contributed by atoms with van der Waals surface area (Å²) in [4.78, 5) is 14.9. The molecule has 0 radical (unpaired) electrons. The van der Waals surface area contributed by atoms with Crippen molar-refractivity contribution in [1.29, 1.82) is 0 Å². The second-order valence-electron chi connectivity index (χ2n) is 7.17. The summed E-state index contributed by atoms with van der Waals surface area (Å²) in [6.07, 6.45) is -4.61. The number of carbonyl (C=O) groups excluding carboxylic acids is 1. The first kappa shape index (κ1) is 23.4. The van der Waals surface area contributed by atoms with Gasteiger partial charge in [-0.1, -0.05) is 60.7 Å². The minimum absolute atomic E-state index is 0.0773. The molecule has 4 aromatic rings. The second-order valence-corrected chi connectivity index (χ2v) is 9.13. The molecule has 0 heterocycles. The maximum Gasteiger partial charge on any atom is 0.422 e. The van der Waals surface area contributed by atoms with Gasteiger partial charge in [-0.2, -0.15) is 13.2 Å². The fraction of sp³-hybridized carbons (Fsp3) is 0.0741. The van der Waals surface area contributed by atoms with Crippen LogP contribution in [0.2, 0.25) is 0 Å². The molecule has 7 heteroatoms. The van der Waals surface area contributed by atoms with Gasteiger partial charge in [-0.05, 0) is 48.5 Å². The van der Waals surface area contributed by atoms with Gasteiger partial charge in [-0.15, -0.1) is 0 Å². The van der Waals surface area contributed by atoms with Gasteiger partial charge in [-0.3, -0.25) is 0 Å². The van der Waals surface area contributed by atoms with Crippen LogP contribution in [0.15, 0.2) is 124 Å². The fourth-order valence-electron chi connectivity index (χ4n) is 3.29. The lowest BCUT2D eigenvalue weighted by Gasteiger charge is -2.15. The fourth-order valence-corrected chi connectivity index (χ4v) is 5.57. The molecule has 4 rings (SSSR count). The summed E-state index contributed by atoms with van der Waals surface area (Å²) >= 11 is 0. The van der Waals surface area contributed by atoms with E-state index in [2.05, 4.69) is 4.74 Å². The summed E-state index contributed by atoms with van der Waals surface area (Å²) in [7, 11) is -0.864. The normalized spacial score (nSPS) is 12.1. The molecule has 0 bridgehead atoms. The largest absolute Gasteiger partial charge is 0.452 e. The van der Waals surface area contributed by atoms with Crippen LogP contribution in [0.5, 0.6) is 11.5 Å². The highest BCUT2D eigenvalue weighted by Crippen LogP contribution is 2.39. The van der Waals surface area contributed by atoms with Gasteiger partial charge in [0.1, 0.15) is 22.2 Å². The van der Waals surface area contributed by atoms with Gasteiger partial charge in [-0.25, -0.2) is 4.79 Å². The number of hydrogen-bond acceptors (Lipinski definition) is 3. The summed E-state index contributed by atoms with van der Waals surface area (Å²) in [5.74, 6) is 0.201. The van der Waals surface area contributed by atoms with Gasteiger partial charge in [0.15, 0.2) is 22.1 Å². The van der Waals surface area contributed by atoms with E-state index in [0.717, 1.165) is 9.79 Å². The molecule has 34 heavy (non-hydrogen) atoms. The van der Waals surface area contributed by atoms with E-state index in [1.807, 2.05) is 84.9 Å². The number of carbonyl (C=O) groups is 1. The molecule has 0 aliphatic heterocycles. The van der Waals surface area contributed by atoms with Gasteiger partial charge in [0.05, 0.1) is 0 Å². The summed E-state index contributed by atoms with van der Waals surface area (Å²) in [6.45, 7) is -1.65. The minimum atomic E-state index is -4.61. The van der Waals surface area contributed by atoms with Crippen molar-refractivity contribution < 1.29 is 27.4 Å². The average Bonchev–Trinajstić information content (AvgIpc) is 2.85. The Kier molecular flexibility index (Phi) is 7.23. The van der Waals surface area contributed by atoms with Crippen LogP contribution in [0.1, 0.15) is 10.4 Å². The highest BCUT2D eigenvalue weighted by atomic mass is 32.2. The molecule has 0 aliphatic rings. The standard InChI is InChI=1S/C27H20F3O3S/c28-27(29,30)19-32-26(31)22-15-7-9-17-24(22)34(21-13-5-2-6-14-21)25-18-10-8-16-23(25)33-20-11-3-1-4-12-20/h1-18H,19H2/q+1. The lowest BCUT2D eigenvalue weighted by molar-refractivity contribution is -0.161. The molecule has 4 aromatic carbocycles. The third-order valence-corrected chi connectivity index (χ3v) is 7.03. The third-order valence-electron chi connectivity index (χ3n) is 4.71. The first-order valence-electron chi connectivity index (χ1n) is 10.4. The van der Waals surface area contributed by atoms with Crippen LogP contribution >= 0.6 is 0 Å². The van der Waals surface area contributed by atoms with E-state index in [-0.39, 0.29) is 5.56 Å². The van der Waals surface area contributed by atoms with Crippen molar-refractivity contribution in [1.82, 2.24) is 0 Å². The second kappa shape index (κ2) is 10.5. The van der Waals surface area contributed by atoms with Crippen molar-refractivity contribution in [3.63, 3.8) is 0 Å². The lowest BCUT2D eigenvalue weighted by Crippen LogP contribution is -2.21. The quantitative estimate of drug-likeness (QED) is 0.205. The number of para-hydroxylation sites is 2. The van der Waals surface area contributed by atoms with E-state index < -0.39 is 29.6 Å².